The minimum Gasteiger partial charge on any atom is -0.445 e. The number of rotatable bonds is 2. The molecule has 2 rings (SSSR count). The molecular formula is C10H7BF7-. The van der Waals surface area contributed by atoms with Crippen molar-refractivity contribution in [2.45, 2.75) is 24.2 Å². The molecule has 8 heteroatoms. The highest BCUT2D eigenvalue weighted by Crippen LogP contribution is 2.59. The Kier molecular flexibility index (Phi) is 2.68. The van der Waals surface area contributed by atoms with Crippen LogP contribution in [-0.2, 0) is 0 Å². The average molecular weight is 271 g/mol. The molecule has 1 aromatic carbocycles. The van der Waals surface area contributed by atoms with Gasteiger partial charge in [-0.3, -0.25) is 0 Å². The lowest BCUT2D eigenvalue weighted by atomic mass is 9.71. The van der Waals surface area contributed by atoms with Crippen LogP contribution in [0.25, 0.3) is 0 Å². The van der Waals surface area contributed by atoms with Crippen LogP contribution in [0.5, 0.6) is 0 Å². The van der Waals surface area contributed by atoms with E-state index in [1.807, 2.05) is 0 Å². The zero-order valence-corrected chi connectivity index (χ0v) is 8.82. The molecule has 1 unspecified atom stereocenters. The summed E-state index contributed by atoms with van der Waals surface area (Å²) in [6, 6.07) is 2.94. The maximum absolute atomic E-state index is 13.0. The molecule has 0 spiro atoms. The normalized spacial score (nSPS) is 25.6. The van der Waals surface area contributed by atoms with Crippen molar-refractivity contribution >= 4 is 12.4 Å². The highest BCUT2D eigenvalue weighted by atomic mass is 19.4. The monoisotopic (exact) mass is 271 g/mol. The van der Waals surface area contributed by atoms with Gasteiger partial charge in [0.15, 0.2) is 0 Å². The summed E-state index contributed by atoms with van der Waals surface area (Å²) >= 11 is 0. The third kappa shape index (κ3) is 1.87. The van der Waals surface area contributed by atoms with Crippen LogP contribution in [0.3, 0.4) is 0 Å². The Morgan fingerprint density at radius 1 is 0.944 bits per heavy atom. The average Bonchev–Trinajstić information content (AvgIpc) is 2.25. The second-order valence-electron chi connectivity index (χ2n) is 4.33. The van der Waals surface area contributed by atoms with Crippen molar-refractivity contribution in [3.8, 4) is 0 Å². The first-order valence-corrected chi connectivity index (χ1v) is 5.11. The van der Waals surface area contributed by atoms with E-state index in [-0.39, 0.29) is 5.56 Å². The molecule has 1 saturated carbocycles. The number of alkyl halides is 4. The molecule has 1 aliphatic rings. The maximum Gasteiger partial charge on any atom is 0.509 e. The molecule has 0 radical (unpaired) electrons. The molecule has 0 amide bonds. The van der Waals surface area contributed by atoms with Crippen molar-refractivity contribution < 1.29 is 30.5 Å². The lowest BCUT2D eigenvalue weighted by Gasteiger charge is -2.44. The van der Waals surface area contributed by atoms with Crippen LogP contribution in [0.2, 0.25) is 0 Å². The van der Waals surface area contributed by atoms with Crippen molar-refractivity contribution in [3.63, 3.8) is 0 Å². The van der Waals surface area contributed by atoms with Gasteiger partial charge in [-0.2, -0.15) is 17.6 Å². The van der Waals surface area contributed by atoms with Crippen LogP contribution in [0.15, 0.2) is 24.3 Å². The van der Waals surface area contributed by atoms with E-state index in [1.54, 1.807) is 0 Å². The maximum atomic E-state index is 13.0. The Bertz CT molecular complexity index is 448. The van der Waals surface area contributed by atoms with Crippen LogP contribution in [-0.4, -0.2) is 18.8 Å². The SMILES string of the molecule is F[B-](F)(F)c1ccc(C2CC(F)(F)C2(F)F)cc1. The van der Waals surface area contributed by atoms with E-state index in [9.17, 15) is 30.5 Å². The van der Waals surface area contributed by atoms with E-state index in [0.717, 1.165) is 12.1 Å². The number of halogens is 7. The Morgan fingerprint density at radius 2 is 1.44 bits per heavy atom. The van der Waals surface area contributed by atoms with Gasteiger partial charge in [0.2, 0.25) is 0 Å². The van der Waals surface area contributed by atoms with E-state index in [2.05, 4.69) is 0 Å². The third-order valence-corrected chi connectivity index (χ3v) is 3.10. The first kappa shape index (κ1) is 13.2. The molecule has 0 aromatic heterocycles. The molecule has 0 nitrogen and oxygen atoms in total. The molecule has 0 N–H and O–H groups in total. The fraction of sp³-hybridized carbons (Fsp3) is 0.400. The quantitative estimate of drug-likeness (QED) is 0.570. The van der Waals surface area contributed by atoms with E-state index in [0.29, 0.717) is 12.1 Å². The van der Waals surface area contributed by atoms with Gasteiger partial charge in [-0.15, -0.1) is 5.46 Å². The first-order chi connectivity index (χ1) is 8.06. The summed E-state index contributed by atoms with van der Waals surface area (Å²) in [5.74, 6) is -10.00. The van der Waals surface area contributed by atoms with E-state index in [1.165, 1.54) is 0 Å². The summed E-state index contributed by atoms with van der Waals surface area (Å²) in [5.41, 5.74) is -1.14. The van der Waals surface area contributed by atoms with Gasteiger partial charge in [-0.25, -0.2) is 0 Å². The number of hydrogen-bond acceptors (Lipinski definition) is 0. The highest BCUT2D eigenvalue weighted by molar-refractivity contribution is 6.73. The van der Waals surface area contributed by atoms with Crippen LogP contribution in [0.4, 0.5) is 30.5 Å². The standard InChI is InChI=1S/C10H7BF7/c12-9(13)5-8(10(9,14)15)6-1-3-7(4-2-6)11(16,17)18/h1-4,8H,5H2/q-1. The largest absolute Gasteiger partial charge is 0.509 e. The van der Waals surface area contributed by atoms with Gasteiger partial charge in [-0.1, -0.05) is 24.3 Å². The molecule has 18 heavy (non-hydrogen) atoms. The minimum atomic E-state index is -5.21. The molecule has 0 aliphatic heterocycles. The third-order valence-electron chi connectivity index (χ3n) is 3.10. The highest BCUT2D eigenvalue weighted by Gasteiger charge is 2.71. The topological polar surface area (TPSA) is 0 Å². The van der Waals surface area contributed by atoms with Crippen molar-refractivity contribution in [3.05, 3.63) is 29.8 Å². The van der Waals surface area contributed by atoms with Gasteiger partial charge < -0.3 is 12.9 Å². The number of benzene rings is 1. The molecule has 1 fully saturated rings. The van der Waals surface area contributed by atoms with Gasteiger partial charge in [0.05, 0.1) is 5.92 Å². The predicted molar refractivity (Wildman–Crippen MR) is 52.4 cm³/mol. The van der Waals surface area contributed by atoms with Crippen molar-refractivity contribution in [2.24, 2.45) is 0 Å². The molecule has 0 saturated heterocycles. The molecule has 1 aromatic rings. The molecule has 1 aliphatic carbocycles. The van der Waals surface area contributed by atoms with Gasteiger partial charge in [-0.05, 0) is 5.56 Å². The van der Waals surface area contributed by atoms with Crippen molar-refractivity contribution in [1.82, 2.24) is 0 Å². The van der Waals surface area contributed by atoms with Crippen LogP contribution >= 0.6 is 0 Å². The Balaban J connectivity index is 2.23. The van der Waals surface area contributed by atoms with E-state index in [4.69, 9.17) is 0 Å². The molecule has 100 valence electrons. The zero-order valence-electron chi connectivity index (χ0n) is 8.82. The summed E-state index contributed by atoms with van der Waals surface area (Å²) < 4.78 is 88.1. The van der Waals surface area contributed by atoms with Gasteiger partial charge >= 0.3 is 18.8 Å². The fourth-order valence-corrected chi connectivity index (χ4v) is 1.92. The summed E-state index contributed by atoms with van der Waals surface area (Å²) in [7, 11) is 0. The minimum absolute atomic E-state index is 0.199. The van der Waals surface area contributed by atoms with Crippen LogP contribution < -0.4 is 5.46 Å². The lowest BCUT2D eigenvalue weighted by molar-refractivity contribution is -0.290. The molecule has 0 heterocycles. The Labute approximate surface area is 97.9 Å². The van der Waals surface area contributed by atoms with E-state index < -0.39 is 36.6 Å². The second-order valence-corrected chi connectivity index (χ2v) is 4.33. The van der Waals surface area contributed by atoms with E-state index >= 15 is 0 Å². The summed E-state index contributed by atoms with van der Waals surface area (Å²) in [6.45, 7) is -5.21. The van der Waals surface area contributed by atoms with Gasteiger partial charge in [0.1, 0.15) is 0 Å². The summed E-state index contributed by atoms with van der Waals surface area (Å²) in [5, 5.41) is 0. The van der Waals surface area contributed by atoms with Crippen molar-refractivity contribution in [2.75, 3.05) is 0 Å². The molecule has 0 bridgehead atoms. The molecule has 1 atom stereocenters. The van der Waals surface area contributed by atoms with Crippen LogP contribution in [0, 0.1) is 0 Å². The predicted octanol–water partition coefficient (Wildman–Crippen LogP) is 3.50. The first-order valence-electron chi connectivity index (χ1n) is 5.11. The van der Waals surface area contributed by atoms with Crippen LogP contribution in [0.1, 0.15) is 17.9 Å². The van der Waals surface area contributed by atoms with Gasteiger partial charge in [0.25, 0.3) is 0 Å². The summed E-state index contributed by atoms with van der Waals surface area (Å²) in [6.07, 6.45) is -1.05. The smallest absolute Gasteiger partial charge is 0.445 e. The van der Waals surface area contributed by atoms with Gasteiger partial charge in [0, 0.05) is 6.42 Å². The van der Waals surface area contributed by atoms with Crippen molar-refractivity contribution in [1.29, 1.82) is 0 Å². The second kappa shape index (κ2) is 3.65. The summed E-state index contributed by atoms with van der Waals surface area (Å²) in [4.78, 5) is 0. The zero-order chi connectivity index (χ0) is 13.8. The fourth-order valence-electron chi connectivity index (χ4n) is 1.92. The Morgan fingerprint density at radius 3 is 1.78 bits per heavy atom. The number of hydrogen-bond donors (Lipinski definition) is 0. The molecular weight excluding hydrogens is 264 g/mol. The lowest BCUT2D eigenvalue weighted by Crippen LogP contribution is -2.57. The Hall–Kier alpha value is -1.21.